The van der Waals surface area contributed by atoms with Crippen molar-refractivity contribution in [2.45, 2.75) is 50.0 Å². The van der Waals surface area contributed by atoms with Gasteiger partial charge in [-0.15, -0.1) is 12.4 Å². The van der Waals surface area contributed by atoms with Crippen LogP contribution in [0.2, 0.25) is 0 Å². The summed E-state index contributed by atoms with van der Waals surface area (Å²) in [7, 11) is -3.59. The minimum atomic E-state index is -3.59. The van der Waals surface area contributed by atoms with E-state index in [1.807, 2.05) is 0 Å². The summed E-state index contributed by atoms with van der Waals surface area (Å²) in [5, 5.41) is 2.79. The lowest BCUT2D eigenvalue weighted by Gasteiger charge is -2.15. The average Bonchev–Trinajstić information content (AvgIpc) is 2.45. The molecule has 3 N–H and O–H groups in total. The number of nitrogens with one attached hydrogen (secondary N) is 1. The van der Waals surface area contributed by atoms with Crippen LogP contribution in [0.25, 0.3) is 0 Å². The fraction of sp³-hybridized carbons (Fsp3) is 0.562. The molecule has 0 aliphatic carbocycles. The number of sulfone groups is 1. The molecule has 5 nitrogen and oxygen atoms in total. The summed E-state index contributed by atoms with van der Waals surface area (Å²) >= 11 is 0. The Morgan fingerprint density at radius 3 is 2.42 bits per heavy atom. The second-order valence-corrected chi connectivity index (χ2v) is 7.69. The number of carbonyl (C=O) groups excluding carboxylic acids is 1. The summed E-state index contributed by atoms with van der Waals surface area (Å²) in [5.41, 5.74) is 5.94. The smallest absolute Gasteiger partial charge is 0.220 e. The number of halogens is 2. The van der Waals surface area contributed by atoms with Gasteiger partial charge in [0.15, 0.2) is 9.84 Å². The van der Waals surface area contributed by atoms with Crippen molar-refractivity contribution in [2.75, 3.05) is 12.8 Å². The molecule has 1 unspecified atom stereocenters. The van der Waals surface area contributed by atoms with Crippen LogP contribution >= 0.6 is 12.4 Å². The normalized spacial score (nSPS) is 12.3. The van der Waals surface area contributed by atoms with Gasteiger partial charge in [-0.2, -0.15) is 0 Å². The summed E-state index contributed by atoms with van der Waals surface area (Å²) in [5.74, 6) is -0.897. The van der Waals surface area contributed by atoms with Crippen LogP contribution in [0.4, 0.5) is 4.39 Å². The molecule has 0 aromatic heterocycles. The van der Waals surface area contributed by atoms with Gasteiger partial charge < -0.3 is 11.1 Å². The lowest BCUT2D eigenvalue weighted by molar-refractivity contribution is -0.121. The number of nitrogens with two attached hydrogens (primary N) is 1. The average molecular weight is 381 g/mol. The molecule has 1 aromatic rings. The van der Waals surface area contributed by atoms with Gasteiger partial charge in [0.05, 0.1) is 6.04 Å². The largest absolute Gasteiger partial charge is 0.350 e. The lowest BCUT2D eigenvalue weighted by Crippen LogP contribution is -2.26. The summed E-state index contributed by atoms with van der Waals surface area (Å²) in [6.45, 7) is 2.40. The first kappa shape index (κ1) is 22.8. The zero-order valence-electron chi connectivity index (χ0n) is 14.0. The van der Waals surface area contributed by atoms with Crippen molar-refractivity contribution in [2.24, 2.45) is 5.73 Å². The van der Waals surface area contributed by atoms with Gasteiger partial charge in [0.1, 0.15) is 10.7 Å². The molecule has 0 saturated heterocycles. The Labute approximate surface area is 149 Å². The first-order valence-corrected chi connectivity index (χ1v) is 9.63. The molecule has 0 bridgehead atoms. The molecule has 1 aromatic carbocycles. The molecule has 0 heterocycles. The van der Waals surface area contributed by atoms with Crippen LogP contribution in [-0.4, -0.2) is 27.1 Å². The maximum absolute atomic E-state index is 13.9. The van der Waals surface area contributed by atoms with E-state index >= 15 is 0 Å². The van der Waals surface area contributed by atoms with E-state index in [4.69, 9.17) is 5.73 Å². The standard InChI is InChI=1S/C16H25FN2O3S.ClH/c1-12(19-16(20)7-5-3-4-6-10-18)13-8-9-15(14(17)11-13)23(2,21)22;/h8-9,11-12H,3-7,10,18H2,1-2H3,(H,19,20);1H. The Balaban J connectivity index is 0.00000529. The topological polar surface area (TPSA) is 89.3 Å². The maximum atomic E-state index is 13.9. The predicted octanol–water partition coefficient (Wildman–Crippen LogP) is 2.74. The van der Waals surface area contributed by atoms with E-state index in [0.29, 0.717) is 18.5 Å². The molecule has 138 valence electrons. The third-order valence-corrected chi connectivity index (χ3v) is 4.72. The van der Waals surface area contributed by atoms with Crippen molar-refractivity contribution in [3.05, 3.63) is 29.6 Å². The van der Waals surface area contributed by atoms with Crippen molar-refractivity contribution in [1.29, 1.82) is 0 Å². The first-order chi connectivity index (χ1) is 10.8. The van der Waals surface area contributed by atoms with Crippen molar-refractivity contribution < 1.29 is 17.6 Å². The Morgan fingerprint density at radius 2 is 1.88 bits per heavy atom. The van der Waals surface area contributed by atoms with Gasteiger partial charge in [-0.1, -0.05) is 18.9 Å². The number of amides is 1. The highest BCUT2D eigenvalue weighted by molar-refractivity contribution is 7.90. The Bertz CT molecular complexity index is 638. The fourth-order valence-corrected chi connectivity index (χ4v) is 3.00. The van der Waals surface area contributed by atoms with Crippen LogP contribution in [0.3, 0.4) is 0 Å². The molecular formula is C16H26ClFN2O3S. The van der Waals surface area contributed by atoms with E-state index < -0.39 is 15.7 Å². The number of rotatable bonds is 9. The Kier molecular flexibility index (Phi) is 10.1. The van der Waals surface area contributed by atoms with Crippen molar-refractivity contribution in [3.8, 4) is 0 Å². The number of hydrogen-bond donors (Lipinski definition) is 2. The fourth-order valence-electron chi connectivity index (χ4n) is 2.27. The van der Waals surface area contributed by atoms with Crippen LogP contribution in [-0.2, 0) is 14.6 Å². The highest BCUT2D eigenvalue weighted by Crippen LogP contribution is 2.20. The van der Waals surface area contributed by atoms with Crippen LogP contribution in [0.15, 0.2) is 23.1 Å². The maximum Gasteiger partial charge on any atom is 0.220 e. The zero-order valence-corrected chi connectivity index (χ0v) is 15.7. The molecule has 1 amide bonds. The van der Waals surface area contributed by atoms with E-state index in [1.54, 1.807) is 6.92 Å². The highest BCUT2D eigenvalue weighted by atomic mass is 35.5. The molecule has 1 rings (SSSR count). The molecule has 0 spiro atoms. The SMILES string of the molecule is CC(NC(=O)CCCCCCN)c1ccc(S(C)(=O)=O)c(F)c1.Cl. The summed E-state index contributed by atoms with van der Waals surface area (Å²) in [6.07, 6.45) is 5.10. The Morgan fingerprint density at radius 1 is 1.25 bits per heavy atom. The zero-order chi connectivity index (χ0) is 17.5. The van der Waals surface area contributed by atoms with Gasteiger partial charge >= 0.3 is 0 Å². The molecule has 0 saturated carbocycles. The molecule has 0 radical (unpaired) electrons. The van der Waals surface area contributed by atoms with Crippen LogP contribution < -0.4 is 11.1 Å². The monoisotopic (exact) mass is 380 g/mol. The summed E-state index contributed by atoms with van der Waals surface area (Å²) < 4.78 is 36.6. The van der Waals surface area contributed by atoms with Crippen molar-refractivity contribution in [1.82, 2.24) is 5.32 Å². The Hall–Kier alpha value is -1.18. The van der Waals surface area contributed by atoms with Gasteiger partial charge in [-0.05, 0) is 44.0 Å². The predicted molar refractivity (Wildman–Crippen MR) is 95.5 cm³/mol. The van der Waals surface area contributed by atoms with E-state index in [1.165, 1.54) is 12.1 Å². The third-order valence-electron chi connectivity index (χ3n) is 3.59. The highest BCUT2D eigenvalue weighted by Gasteiger charge is 2.16. The van der Waals surface area contributed by atoms with Gasteiger partial charge in [0.25, 0.3) is 0 Å². The van der Waals surface area contributed by atoms with E-state index in [0.717, 1.165) is 38.0 Å². The van der Waals surface area contributed by atoms with Crippen molar-refractivity contribution >= 4 is 28.2 Å². The first-order valence-electron chi connectivity index (χ1n) is 7.74. The molecule has 1 atom stereocenters. The number of unbranched alkanes of at least 4 members (excludes halogenated alkanes) is 3. The minimum Gasteiger partial charge on any atom is -0.350 e. The van der Waals surface area contributed by atoms with Gasteiger partial charge in [0.2, 0.25) is 5.91 Å². The molecule has 8 heteroatoms. The second-order valence-electron chi connectivity index (χ2n) is 5.70. The van der Waals surface area contributed by atoms with Crippen LogP contribution in [0.5, 0.6) is 0 Å². The molecule has 0 aliphatic rings. The number of hydrogen-bond acceptors (Lipinski definition) is 4. The third kappa shape index (κ3) is 7.59. The van der Waals surface area contributed by atoms with Gasteiger partial charge in [-0.3, -0.25) is 4.79 Å². The molecule has 0 aliphatic heterocycles. The van der Waals surface area contributed by atoms with E-state index in [9.17, 15) is 17.6 Å². The lowest BCUT2D eigenvalue weighted by atomic mass is 10.1. The number of benzene rings is 1. The quantitative estimate of drug-likeness (QED) is 0.644. The van der Waals surface area contributed by atoms with E-state index in [2.05, 4.69) is 5.32 Å². The van der Waals surface area contributed by atoms with Gasteiger partial charge in [-0.25, -0.2) is 12.8 Å². The summed E-state index contributed by atoms with van der Waals surface area (Å²) in [4.78, 5) is 11.5. The van der Waals surface area contributed by atoms with Crippen LogP contribution in [0.1, 0.15) is 50.6 Å². The van der Waals surface area contributed by atoms with Gasteiger partial charge in [0, 0.05) is 12.7 Å². The number of carbonyl (C=O) groups is 1. The van der Waals surface area contributed by atoms with Crippen molar-refractivity contribution in [3.63, 3.8) is 0 Å². The summed E-state index contributed by atoms with van der Waals surface area (Å²) in [6, 6.07) is 3.53. The second kappa shape index (κ2) is 10.6. The molecular weight excluding hydrogens is 355 g/mol. The molecule has 24 heavy (non-hydrogen) atoms. The van der Waals surface area contributed by atoms with Crippen LogP contribution in [0, 0.1) is 5.82 Å². The van der Waals surface area contributed by atoms with E-state index in [-0.39, 0.29) is 29.3 Å². The minimum absolute atomic E-state index is 0. The molecule has 0 fully saturated rings.